The summed E-state index contributed by atoms with van der Waals surface area (Å²) in [6.45, 7) is 0. The van der Waals surface area contributed by atoms with Crippen molar-refractivity contribution in [2.75, 3.05) is 10.6 Å². The number of pyridine rings is 1. The molecule has 0 radical (unpaired) electrons. The van der Waals surface area contributed by atoms with Crippen molar-refractivity contribution < 1.29 is 0 Å². The fourth-order valence-corrected chi connectivity index (χ4v) is 3.87. The SMILES string of the molecule is Cn1c(=O)cc(NC2CCC(Nc3ccnc4cc(Cl)ccc34)CC2)[nH]c1=O. The highest BCUT2D eigenvalue weighted by molar-refractivity contribution is 6.31. The van der Waals surface area contributed by atoms with Gasteiger partial charge in [0.1, 0.15) is 5.82 Å². The number of anilines is 2. The zero-order valence-electron chi connectivity index (χ0n) is 15.5. The molecular formula is C20H22ClN5O2. The molecule has 7 nitrogen and oxygen atoms in total. The van der Waals surface area contributed by atoms with E-state index in [1.165, 1.54) is 13.1 Å². The third-order valence-electron chi connectivity index (χ3n) is 5.30. The van der Waals surface area contributed by atoms with Gasteiger partial charge in [0.2, 0.25) is 0 Å². The van der Waals surface area contributed by atoms with E-state index in [1.54, 1.807) is 6.20 Å². The van der Waals surface area contributed by atoms with Crippen molar-refractivity contribution in [1.82, 2.24) is 14.5 Å². The summed E-state index contributed by atoms with van der Waals surface area (Å²) in [5.74, 6) is 0.488. The van der Waals surface area contributed by atoms with Crippen LogP contribution >= 0.6 is 11.6 Å². The Balaban J connectivity index is 1.40. The largest absolute Gasteiger partial charge is 0.382 e. The van der Waals surface area contributed by atoms with Crippen LogP contribution in [0.25, 0.3) is 10.9 Å². The zero-order valence-corrected chi connectivity index (χ0v) is 16.3. The first kappa shape index (κ1) is 18.6. The Morgan fingerprint density at radius 3 is 2.50 bits per heavy atom. The maximum atomic E-state index is 11.8. The number of halogens is 1. The lowest BCUT2D eigenvalue weighted by Crippen LogP contribution is -2.36. The van der Waals surface area contributed by atoms with Crippen molar-refractivity contribution >= 4 is 34.0 Å². The molecular weight excluding hydrogens is 378 g/mol. The normalized spacial score (nSPS) is 19.5. The number of aromatic nitrogens is 3. The highest BCUT2D eigenvalue weighted by atomic mass is 35.5. The Labute approximate surface area is 166 Å². The van der Waals surface area contributed by atoms with Gasteiger partial charge in [0, 0.05) is 47.5 Å². The molecule has 0 atom stereocenters. The van der Waals surface area contributed by atoms with Crippen LogP contribution in [0.4, 0.5) is 11.5 Å². The highest BCUT2D eigenvalue weighted by Crippen LogP contribution is 2.28. The summed E-state index contributed by atoms with van der Waals surface area (Å²) < 4.78 is 1.05. The van der Waals surface area contributed by atoms with Gasteiger partial charge >= 0.3 is 5.69 Å². The Hall–Kier alpha value is -2.80. The molecule has 0 spiro atoms. The fraction of sp³-hybridized carbons (Fsp3) is 0.350. The minimum atomic E-state index is -0.407. The molecule has 1 aliphatic rings. The molecule has 8 heteroatoms. The average Bonchev–Trinajstić information content (AvgIpc) is 2.67. The van der Waals surface area contributed by atoms with Crippen molar-refractivity contribution in [3.05, 3.63) is 62.4 Å². The quantitative estimate of drug-likeness (QED) is 0.627. The predicted octanol–water partition coefficient (Wildman–Crippen LogP) is 3.11. The summed E-state index contributed by atoms with van der Waals surface area (Å²) in [4.78, 5) is 30.6. The van der Waals surface area contributed by atoms with E-state index in [0.29, 0.717) is 16.9 Å². The number of aromatic amines is 1. The third kappa shape index (κ3) is 3.89. The van der Waals surface area contributed by atoms with Crippen LogP contribution in [0.5, 0.6) is 0 Å². The first-order valence-electron chi connectivity index (χ1n) is 9.37. The van der Waals surface area contributed by atoms with Crippen LogP contribution in [-0.4, -0.2) is 26.6 Å². The first-order valence-corrected chi connectivity index (χ1v) is 9.75. The standard InChI is InChI=1S/C20H22ClN5O2/c1-26-19(27)11-18(25-20(26)28)24-14-5-3-13(4-6-14)23-16-8-9-22-17-10-12(21)2-7-15(16)17/h2,7-11,13-14,24H,3-6H2,1H3,(H,22,23)(H,25,28). The summed E-state index contributed by atoms with van der Waals surface area (Å²) in [7, 11) is 1.46. The van der Waals surface area contributed by atoms with E-state index in [1.807, 2.05) is 24.3 Å². The monoisotopic (exact) mass is 399 g/mol. The fourth-order valence-electron chi connectivity index (χ4n) is 3.70. The molecule has 4 rings (SSSR count). The lowest BCUT2D eigenvalue weighted by molar-refractivity contribution is 0.428. The molecule has 3 N–H and O–H groups in total. The molecule has 0 bridgehead atoms. The Kier molecular flexibility index (Phi) is 5.09. The molecule has 0 unspecified atom stereocenters. The van der Waals surface area contributed by atoms with Gasteiger partial charge in [0.05, 0.1) is 5.52 Å². The molecule has 1 aliphatic carbocycles. The van der Waals surface area contributed by atoms with E-state index < -0.39 is 5.69 Å². The summed E-state index contributed by atoms with van der Waals surface area (Å²) in [5.41, 5.74) is 1.22. The van der Waals surface area contributed by atoms with E-state index in [9.17, 15) is 9.59 Å². The Bertz CT molecular complexity index is 1080. The molecule has 28 heavy (non-hydrogen) atoms. The molecule has 3 aromatic rings. The molecule has 2 aromatic heterocycles. The molecule has 1 fully saturated rings. The van der Waals surface area contributed by atoms with Crippen molar-refractivity contribution in [1.29, 1.82) is 0 Å². The summed E-state index contributed by atoms with van der Waals surface area (Å²) >= 11 is 6.06. The molecule has 0 saturated heterocycles. The van der Waals surface area contributed by atoms with Crippen molar-refractivity contribution in [3.8, 4) is 0 Å². The summed E-state index contributed by atoms with van der Waals surface area (Å²) in [6.07, 6.45) is 5.67. The van der Waals surface area contributed by atoms with Gasteiger partial charge in [0.15, 0.2) is 0 Å². The first-order chi connectivity index (χ1) is 13.5. The van der Waals surface area contributed by atoms with Crippen molar-refractivity contribution in [2.24, 2.45) is 7.05 Å². The van der Waals surface area contributed by atoms with E-state index in [0.717, 1.165) is 46.8 Å². The second kappa shape index (κ2) is 7.67. The molecule has 1 aromatic carbocycles. The van der Waals surface area contributed by atoms with Crippen molar-refractivity contribution in [3.63, 3.8) is 0 Å². The van der Waals surface area contributed by atoms with Gasteiger partial charge in [-0.05, 0) is 49.9 Å². The number of rotatable bonds is 4. The zero-order chi connectivity index (χ0) is 19.7. The number of H-pyrrole nitrogens is 1. The van der Waals surface area contributed by atoms with Gasteiger partial charge in [0.25, 0.3) is 5.56 Å². The van der Waals surface area contributed by atoms with E-state index in [4.69, 9.17) is 11.6 Å². The van der Waals surface area contributed by atoms with Crippen LogP contribution in [0.15, 0.2) is 46.1 Å². The van der Waals surface area contributed by atoms with Gasteiger partial charge in [-0.15, -0.1) is 0 Å². The number of nitrogens with zero attached hydrogens (tertiary/aromatic N) is 2. The van der Waals surface area contributed by atoms with E-state index >= 15 is 0 Å². The predicted molar refractivity (Wildman–Crippen MR) is 112 cm³/mol. The smallest absolute Gasteiger partial charge is 0.329 e. The van der Waals surface area contributed by atoms with Crippen LogP contribution in [-0.2, 0) is 7.05 Å². The Morgan fingerprint density at radius 1 is 1.07 bits per heavy atom. The van der Waals surface area contributed by atoms with Gasteiger partial charge in [-0.3, -0.25) is 19.3 Å². The van der Waals surface area contributed by atoms with Crippen LogP contribution in [0, 0.1) is 0 Å². The maximum absolute atomic E-state index is 11.8. The number of hydrogen-bond donors (Lipinski definition) is 3. The van der Waals surface area contributed by atoms with E-state index in [2.05, 4.69) is 20.6 Å². The van der Waals surface area contributed by atoms with Crippen molar-refractivity contribution in [2.45, 2.75) is 37.8 Å². The topological polar surface area (TPSA) is 91.8 Å². The number of benzene rings is 1. The molecule has 0 amide bonds. The summed E-state index contributed by atoms with van der Waals surface area (Å²) in [5, 5.41) is 8.66. The minimum Gasteiger partial charge on any atom is -0.382 e. The van der Waals surface area contributed by atoms with Crippen LogP contribution in [0.2, 0.25) is 5.02 Å². The van der Waals surface area contributed by atoms with Gasteiger partial charge < -0.3 is 10.6 Å². The van der Waals surface area contributed by atoms with Crippen LogP contribution in [0.3, 0.4) is 0 Å². The molecule has 2 heterocycles. The van der Waals surface area contributed by atoms with Crippen LogP contribution in [0.1, 0.15) is 25.7 Å². The number of hydrogen-bond acceptors (Lipinski definition) is 5. The molecule has 146 valence electrons. The number of fused-ring (bicyclic) bond motifs is 1. The third-order valence-corrected chi connectivity index (χ3v) is 5.53. The maximum Gasteiger partial charge on any atom is 0.329 e. The highest BCUT2D eigenvalue weighted by Gasteiger charge is 2.22. The van der Waals surface area contributed by atoms with Gasteiger partial charge in [-0.25, -0.2) is 4.79 Å². The van der Waals surface area contributed by atoms with Gasteiger partial charge in [-0.1, -0.05) is 11.6 Å². The molecule has 0 aliphatic heterocycles. The molecule has 1 saturated carbocycles. The second-order valence-electron chi connectivity index (χ2n) is 7.24. The minimum absolute atomic E-state index is 0.230. The lowest BCUT2D eigenvalue weighted by Gasteiger charge is -2.31. The average molecular weight is 400 g/mol. The Morgan fingerprint density at radius 2 is 1.79 bits per heavy atom. The second-order valence-corrected chi connectivity index (χ2v) is 7.68. The van der Waals surface area contributed by atoms with E-state index in [-0.39, 0.29) is 11.6 Å². The van der Waals surface area contributed by atoms with Gasteiger partial charge in [-0.2, -0.15) is 0 Å². The summed E-state index contributed by atoms with van der Waals surface area (Å²) in [6, 6.07) is 9.75. The van der Waals surface area contributed by atoms with Crippen LogP contribution < -0.4 is 21.9 Å². The lowest BCUT2D eigenvalue weighted by atomic mass is 9.91. The number of nitrogens with one attached hydrogen (secondary N) is 3.